The minimum absolute atomic E-state index is 0.0129. The van der Waals surface area contributed by atoms with Gasteiger partial charge in [-0.2, -0.15) is 0 Å². The Morgan fingerprint density at radius 3 is 2.74 bits per heavy atom. The first-order valence-corrected chi connectivity index (χ1v) is 15.0. The minimum Gasteiger partial charge on any atom is -0.444 e. The van der Waals surface area contributed by atoms with Crippen LogP contribution in [0.3, 0.4) is 0 Å². The van der Waals surface area contributed by atoms with Crippen LogP contribution >= 0.6 is 15.9 Å². The van der Waals surface area contributed by atoms with Crippen LogP contribution in [0.4, 0.5) is 9.18 Å². The summed E-state index contributed by atoms with van der Waals surface area (Å²) < 4.78 is 39.1. The average Bonchev–Trinajstić information content (AvgIpc) is 3.64. The first kappa shape index (κ1) is 31.5. The highest BCUT2D eigenvalue weighted by Gasteiger charge is 2.47. The van der Waals surface area contributed by atoms with Gasteiger partial charge in [0.15, 0.2) is 0 Å². The Labute approximate surface area is 257 Å². The van der Waals surface area contributed by atoms with E-state index in [1.165, 1.54) is 17.9 Å². The number of ether oxygens (including phenoxy) is 3. The summed E-state index contributed by atoms with van der Waals surface area (Å²) in [6.07, 6.45) is -0.286. The van der Waals surface area contributed by atoms with E-state index in [1.807, 2.05) is 26.8 Å². The SMILES string of the molecule is CO[C@@H]1[C@@H](n2cc(-c3ccc(Br)c(F)c3)nn2)[C@@H](O)[C@@H](CO)O[C@@H]1Cc1cc(C2CCCN(C(=O)OC(C)(C)C)C2)no1. The summed E-state index contributed by atoms with van der Waals surface area (Å²) in [6, 6.07) is 5.70. The average molecular weight is 667 g/mol. The quantitative estimate of drug-likeness (QED) is 0.381. The molecule has 0 saturated carbocycles. The summed E-state index contributed by atoms with van der Waals surface area (Å²) in [4.78, 5) is 14.3. The van der Waals surface area contributed by atoms with Crippen molar-refractivity contribution in [1.82, 2.24) is 25.1 Å². The molecule has 6 atom stereocenters. The molecular formula is C29H37BrFN5O7. The predicted molar refractivity (Wildman–Crippen MR) is 155 cm³/mol. The lowest BCUT2D eigenvalue weighted by molar-refractivity contribution is -0.212. The molecule has 0 spiro atoms. The smallest absolute Gasteiger partial charge is 0.410 e. The third kappa shape index (κ3) is 7.09. The van der Waals surface area contributed by atoms with E-state index in [4.69, 9.17) is 18.7 Å². The van der Waals surface area contributed by atoms with Crippen LogP contribution in [-0.2, 0) is 20.6 Å². The van der Waals surface area contributed by atoms with E-state index < -0.39 is 48.5 Å². The van der Waals surface area contributed by atoms with Gasteiger partial charge in [-0.25, -0.2) is 13.9 Å². The predicted octanol–water partition coefficient (Wildman–Crippen LogP) is 3.87. The number of aromatic nitrogens is 4. The molecule has 2 aliphatic rings. The van der Waals surface area contributed by atoms with Crippen LogP contribution in [0.1, 0.15) is 57.0 Å². The number of likely N-dealkylation sites (tertiary alicyclic amines) is 1. The van der Waals surface area contributed by atoms with Crippen molar-refractivity contribution in [3.05, 3.63) is 52.2 Å². The van der Waals surface area contributed by atoms with Crippen LogP contribution < -0.4 is 0 Å². The second-order valence-corrected chi connectivity index (χ2v) is 12.8. The third-order valence-corrected chi connectivity index (χ3v) is 8.38. The molecule has 14 heteroatoms. The Hall–Kier alpha value is -2.91. The highest BCUT2D eigenvalue weighted by Crippen LogP contribution is 2.35. The number of benzene rings is 1. The van der Waals surface area contributed by atoms with E-state index in [-0.39, 0.29) is 18.4 Å². The molecule has 5 rings (SSSR count). The molecule has 234 valence electrons. The second kappa shape index (κ2) is 13.0. The fraction of sp³-hybridized carbons (Fsp3) is 0.586. The molecule has 2 saturated heterocycles. The molecule has 1 unspecified atom stereocenters. The van der Waals surface area contributed by atoms with Crippen molar-refractivity contribution in [2.45, 2.75) is 82.0 Å². The zero-order valence-electron chi connectivity index (χ0n) is 24.5. The Bertz CT molecular complexity index is 1410. The molecule has 0 aliphatic carbocycles. The number of nitrogens with zero attached hydrogens (tertiary/aromatic N) is 5. The Kier molecular flexibility index (Phi) is 9.52. The lowest BCUT2D eigenvalue weighted by atomic mass is 9.90. The first-order chi connectivity index (χ1) is 20.5. The third-order valence-electron chi connectivity index (χ3n) is 7.74. The fourth-order valence-corrected chi connectivity index (χ4v) is 5.91. The lowest BCUT2D eigenvalue weighted by Crippen LogP contribution is -2.57. The van der Waals surface area contributed by atoms with Gasteiger partial charge in [0, 0.05) is 44.2 Å². The van der Waals surface area contributed by atoms with Crippen LogP contribution in [0.2, 0.25) is 0 Å². The van der Waals surface area contributed by atoms with Crippen molar-refractivity contribution in [3.63, 3.8) is 0 Å². The summed E-state index contributed by atoms with van der Waals surface area (Å²) in [7, 11) is 1.50. The zero-order chi connectivity index (χ0) is 30.9. The van der Waals surface area contributed by atoms with Crippen molar-refractivity contribution in [3.8, 4) is 11.3 Å². The molecule has 4 heterocycles. The largest absolute Gasteiger partial charge is 0.444 e. The second-order valence-electron chi connectivity index (χ2n) is 12.0. The van der Waals surface area contributed by atoms with Gasteiger partial charge in [0.05, 0.1) is 29.1 Å². The molecule has 43 heavy (non-hydrogen) atoms. The maximum Gasteiger partial charge on any atom is 0.410 e. The Morgan fingerprint density at radius 2 is 2.05 bits per heavy atom. The summed E-state index contributed by atoms with van der Waals surface area (Å²) in [5, 5.41) is 33.9. The molecule has 2 fully saturated rings. The molecule has 2 aliphatic heterocycles. The van der Waals surface area contributed by atoms with Gasteiger partial charge >= 0.3 is 6.09 Å². The number of aliphatic hydroxyl groups excluding tert-OH is 2. The Balaban J connectivity index is 1.32. The molecule has 1 amide bonds. The van der Waals surface area contributed by atoms with Crippen molar-refractivity contribution in [2.24, 2.45) is 0 Å². The van der Waals surface area contributed by atoms with Crippen molar-refractivity contribution >= 4 is 22.0 Å². The monoisotopic (exact) mass is 665 g/mol. The molecule has 0 radical (unpaired) electrons. The molecule has 12 nitrogen and oxygen atoms in total. The van der Waals surface area contributed by atoms with Crippen molar-refractivity contribution in [1.29, 1.82) is 0 Å². The van der Waals surface area contributed by atoms with Gasteiger partial charge in [-0.05, 0) is 61.7 Å². The van der Waals surface area contributed by atoms with E-state index in [2.05, 4.69) is 31.4 Å². The van der Waals surface area contributed by atoms with Gasteiger partial charge in [-0.3, -0.25) is 0 Å². The van der Waals surface area contributed by atoms with Crippen LogP contribution in [0, 0.1) is 5.82 Å². The molecular weight excluding hydrogens is 629 g/mol. The lowest BCUT2D eigenvalue weighted by Gasteiger charge is -2.43. The van der Waals surface area contributed by atoms with E-state index in [0.29, 0.717) is 34.6 Å². The topological polar surface area (TPSA) is 145 Å². The van der Waals surface area contributed by atoms with E-state index in [0.717, 1.165) is 18.5 Å². The summed E-state index contributed by atoms with van der Waals surface area (Å²) in [5.41, 5.74) is 1.07. The van der Waals surface area contributed by atoms with Crippen molar-refractivity contribution < 1.29 is 38.1 Å². The number of halogens is 2. The standard InChI is InChI=1S/C29H37BrFN5O7/c1-29(2,3)42-28(39)35-9-5-6-17(13-35)21-11-18(43-33-21)12-23-27(40-4)25(26(38)24(15-37)41-23)36-14-22(32-34-36)16-7-8-19(30)20(31)10-16/h7-8,10-11,14,17,23-27,37-38H,5-6,9,12-13,15H2,1-4H3/t17?,23-,24-,25+,26+,27+/m1/s1. The molecule has 2 aromatic heterocycles. The zero-order valence-corrected chi connectivity index (χ0v) is 26.1. The highest BCUT2D eigenvalue weighted by atomic mass is 79.9. The summed E-state index contributed by atoms with van der Waals surface area (Å²) in [5.74, 6) is 0.0828. The number of amides is 1. The highest BCUT2D eigenvalue weighted by molar-refractivity contribution is 9.10. The normalized spacial score (nSPS) is 26.5. The molecule has 3 aromatic rings. The molecule has 1 aromatic carbocycles. The fourth-order valence-electron chi connectivity index (χ4n) is 5.67. The van der Waals surface area contributed by atoms with Crippen LogP contribution in [-0.4, -0.2) is 98.2 Å². The maximum atomic E-state index is 14.2. The van der Waals surface area contributed by atoms with E-state index >= 15 is 0 Å². The van der Waals surface area contributed by atoms with Gasteiger partial charge in [0.1, 0.15) is 47.2 Å². The van der Waals surface area contributed by atoms with Crippen molar-refractivity contribution in [2.75, 3.05) is 26.8 Å². The minimum atomic E-state index is -1.17. The number of carbonyl (C=O) groups excluding carboxylic acids is 1. The van der Waals surface area contributed by atoms with Gasteiger partial charge in [0.2, 0.25) is 0 Å². The molecule has 2 N–H and O–H groups in total. The van der Waals surface area contributed by atoms with Gasteiger partial charge in [-0.1, -0.05) is 16.4 Å². The van der Waals surface area contributed by atoms with Crippen LogP contribution in [0.15, 0.2) is 39.5 Å². The maximum absolute atomic E-state index is 14.2. The number of methoxy groups -OCH3 is 1. The number of aliphatic hydroxyl groups is 2. The summed E-state index contributed by atoms with van der Waals surface area (Å²) in [6.45, 7) is 6.18. The number of carbonyl (C=O) groups is 1. The van der Waals surface area contributed by atoms with E-state index in [1.54, 1.807) is 23.2 Å². The number of piperidine rings is 1. The van der Waals surface area contributed by atoms with Gasteiger partial charge in [0.25, 0.3) is 0 Å². The number of rotatable bonds is 7. The number of hydrogen-bond acceptors (Lipinski definition) is 10. The van der Waals surface area contributed by atoms with Crippen LogP contribution in [0.25, 0.3) is 11.3 Å². The number of hydrogen-bond donors (Lipinski definition) is 2. The molecule has 0 bridgehead atoms. The summed E-state index contributed by atoms with van der Waals surface area (Å²) >= 11 is 3.15. The van der Waals surface area contributed by atoms with Crippen LogP contribution in [0.5, 0.6) is 0 Å². The van der Waals surface area contributed by atoms with E-state index in [9.17, 15) is 19.4 Å². The van der Waals surface area contributed by atoms with Gasteiger partial charge < -0.3 is 33.8 Å². The first-order valence-electron chi connectivity index (χ1n) is 14.2. The van der Waals surface area contributed by atoms with Gasteiger partial charge in [-0.15, -0.1) is 5.10 Å². The Morgan fingerprint density at radius 1 is 1.26 bits per heavy atom.